The highest BCUT2D eigenvalue weighted by Gasteiger charge is 2.25. The van der Waals surface area contributed by atoms with Gasteiger partial charge in [-0.15, -0.1) is 0 Å². The average molecular weight is 260 g/mol. The van der Waals surface area contributed by atoms with Crippen LogP contribution < -0.4 is 11.5 Å². The van der Waals surface area contributed by atoms with Gasteiger partial charge in [0.2, 0.25) is 12.8 Å². The van der Waals surface area contributed by atoms with Gasteiger partial charge in [-0.2, -0.15) is 0 Å². The molecule has 2 aliphatic rings. The molecule has 2 amide bonds. The molecule has 1 fully saturated rings. The lowest BCUT2D eigenvalue weighted by molar-refractivity contribution is -0.107. The second-order valence-electron chi connectivity index (χ2n) is 4.02. The predicted molar refractivity (Wildman–Crippen MR) is 69.2 cm³/mol. The van der Waals surface area contributed by atoms with Gasteiger partial charge in [-0.3, -0.25) is 9.59 Å². The van der Waals surface area contributed by atoms with E-state index in [1.807, 2.05) is 0 Å². The molecular formula is C12H24N2O4. The van der Waals surface area contributed by atoms with Gasteiger partial charge in [-0.25, -0.2) is 0 Å². The van der Waals surface area contributed by atoms with Crippen LogP contribution >= 0.6 is 0 Å². The van der Waals surface area contributed by atoms with Gasteiger partial charge in [-0.05, 0) is 38.0 Å². The third-order valence-corrected chi connectivity index (χ3v) is 2.43. The minimum absolute atomic E-state index is 0.139. The lowest BCUT2D eigenvalue weighted by atomic mass is 10.1. The maximum atomic E-state index is 8.58. The van der Waals surface area contributed by atoms with Crippen LogP contribution in [0.25, 0.3) is 0 Å². The Balaban J connectivity index is 0. The summed E-state index contributed by atoms with van der Waals surface area (Å²) in [5.74, 6) is 1.98. The molecule has 3 unspecified atom stereocenters. The molecule has 2 rings (SSSR count). The molecule has 0 aromatic rings. The maximum Gasteiger partial charge on any atom is 0.204 e. The fraction of sp³-hybridized carbons (Fsp3) is 0.667. The summed E-state index contributed by atoms with van der Waals surface area (Å²) in [6, 6.07) is 0. The van der Waals surface area contributed by atoms with E-state index in [0.717, 1.165) is 11.8 Å². The highest BCUT2D eigenvalue weighted by Crippen LogP contribution is 2.38. The Morgan fingerprint density at radius 3 is 1.56 bits per heavy atom. The summed E-state index contributed by atoms with van der Waals surface area (Å²) in [5.41, 5.74) is 8.33. The highest BCUT2D eigenvalue weighted by atomic mass is 16.3. The Labute approximate surface area is 108 Å². The maximum absolute atomic E-state index is 8.58. The lowest BCUT2D eigenvalue weighted by Gasteiger charge is -1.96. The van der Waals surface area contributed by atoms with Gasteiger partial charge >= 0.3 is 0 Å². The predicted octanol–water partition coefficient (Wildman–Crippen LogP) is -0.465. The van der Waals surface area contributed by atoms with Gasteiger partial charge in [0, 0.05) is 0 Å². The molecule has 3 atom stereocenters. The summed E-state index contributed by atoms with van der Waals surface area (Å²) in [6.07, 6.45) is 9.13. The third-order valence-electron chi connectivity index (χ3n) is 2.43. The van der Waals surface area contributed by atoms with Crippen LogP contribution in [0, 0.1) is 11.8 Å². The normalized spacial score (nSPS) is 23.3. The zero-order valence-corrected chi connectivity index (χ0v) is 10.7. The molecule has 6 N–H and O–H groups in total. The molecule has 6 nitrogen and oxygen atoms in total. The number of primary amides is 2. The number of hydrogen-bond donors (Lipinski definition) is 4. The van der Waals surface area contributed by atoms with Crippen molar-refractivity contribution >= 4 is 12.8 Å². The Morgan fingerprint density at radius 1 is 1.22 bits per heavy atom. The number of rotatable bonds is 1. The standard InChI is InChI=1S/C7H10.C3H8O2.2CH3NO/c1-2-7-4-3-6(1)5-7;1-3(5)2-4;2*2-1-3/h1-2,6-7H,3-5H2;3-5H,2H2,1H3;2*1H,(H2,2,3). The molecule has 0 aromatic carbocycles. The molecule has 6 heteroatoms. The Hall–Kier alpha value is -1.40. The van der Waals surface area contributed by atoms with Gasteiger partial charge in [-0.1, -0.05) is 12.2 Å². The van der Waals surface area contributed by atoms with Crippen molar-refractivity contribution in [3.63, 3.8) is 0 Å². The van der Waals surface area contributed by atoms with Crippen LogP contribution in [0.5, 0.6) is 0 Å². The number of nitrogens with two attached hydrogens (primary N) is 2. The number of amides is 2. The number of allylic oxidation sites excluding steroid dienone is 2. The third kappa shape index (κ3) is 12.7. The molecular weight excluding hydrogens is 236 g/mol. The van der Waals surface area contributed by atoms with Gasteiger partial charge in [0.1, 0.15) is 0 Å². The van der Waals surface area contributed by atoms with Crippen molar-refractivity contribution in [2.24, 2.45) is 23.3 Å². The van der Waals surface area contributed by atoms with Crippen LogP contribution in [0.3, 0.4) is 0 Å². The number of aliphatic hydroxyl groups is 2. The summed E-state index contributed by atoms with van der Waals surface area (Å²) in [5, 5.41) is 16.0. The summed E-state index contributed by atoms with van der Waals surface area (Å²) in [6.45, 7) is 1.39. The molecule has 2 bridgehead atoms. The second-order valence-corrected chi connectivity index (χ2v) is 4.02. The summed E-state index contributed by atoms with van der Waals surface area (Å²) in [7, 11) is 0. The molecule has 0 heterocycles. The zero-order chi connectivity index (χ0) is 14.4. The van der Waals surface area contributed by atoms with Gasteiger partial charge in [0.15, 0.2) is 0 Å². The van der Waals surface area contributed by atoms with Crippen LogP contribution in [-0.4, -0.2) is 35.7 Å². The largest absolute Gasteiger partial charge is 0.394 e. The van der Waals surface area contributed by atoms with E-state index in [1.165, 1.54) is 26.2 Å². The molecule has 0 aromatic heterocycles. The highest BCUT2D eigenvalue weighted by molar-refractivity contribution is 5.42. The lowest BCUT2D eigenvalue weighted by Crippen LogP contribution is -2.03. The van der Waals surface area contributed by atoms with Crippen molar-refractivity contribution in [2.75, 3.05) is 6.61 Å². The van der Waals surface area contributed by atoms with E-state index >= 15 is 0 Å². The van der Waals surface area contributed by atoms with Crippen LogP contribution in [0.15, 0.2) is 12.2 Å². The van der Waals surface area contributed by atoms with Gasteiger partial charge in [0.05, 0.1) is 12.7 Å². The van der Waals surface area contributed by atoms with E-state index in [4.69, 9.17) is 19.8 Å². The molecule has 2 aliphatic carbocycles. The topological polar surface area (TPSA) is 127 Å². The minimum atomic E-state index is -0.560. The van der Waals surface area contributed by atoms with Crippen molar-refractivity contribution in [1.29, 1.82) is 0 Å². The number of aliphatic hydroxyl groups excluding tert-OH is 2. The van der Waals surface area contributed by atoms with Crippen molar-refractivity contribution < 1.29 is 19.8 Å². The summed E-state index contributed by atoms with van der Waals surface area (Å²) in [4.78, 5) is 17.2. The Morgan fingerprint density at radius 2 is 1.50 bits per heavy atom. The van der Waals surface area contributed by atoms with Crippen LogP contribution in [0.1, 0.15) is 26.2 Å². The van der Waals surface area contributed by atoms with Crippen LogP contribution in [0.2, 0.25) is 0 Å². The van der Waals surface area contributed by atoms with E-state index < -0.39 is 6.10 Å². The van der Waals surface area contributed by atoms with E-state index in [1.54, 1.807) is 0 Å². The van der Waals surface area contributed by atoms with E-state index in [2.05, 4.69) is 23.6 Å². The second kappa shape index (κ2) is 13.7. The minimum Gasteiger partial charge on any atom is -0.394 e. The smallest absolute Gasteiger partial charge is 0.204 e. The number of fused-ring (bicyclic) bond motifs is 2. The van der Waals surface area contributed by atoms with Crippen molar-refractivity contribution in [1.82, 2.24) is 0 Å². The molecule has 0 radical (unpaired) electrons. The van der Waals surface area contributed by atoms with Crippen LogP contribution in [0.4, 0.5) is 0 Å². The first-order chi connectivity index (χ1) is 8.55. The van der Waals surface area contributed by atoms with Crippen molar-refractivity contribution in [2.45, 2.75) is 32.3 Å². The quantitative estimate of drug-likeness (QED) is 0.375. The SMILES string of the molecule is C1=CC2CCC1C2.CC(O)CO.NC=O.NC=O. The molecule has 0 saturated heterocycles. The Kier molecular flexibility index (Phi) is 14.4. The monoisotopic (exact) mass is 260 g/mol. The summed E-state index contributed by atoms with van der Waals surface area (Å²) >= 11 is 0. The number of hydrogen-bond acceptors (Lipinski definition) is 4. The molecule has 18 heavy (non-hydrogen) atoms. The molecule has 0 aliphatic heterocycles. The number of carbonyl (C=O) groups is 2. The van der Waals surface area contributed by atoms with E-state index in [0.29, 0.717) is 0 Å². The first kappa shape index (κ1) is 19.0. The van der Waals surface area contributed by atoms with Crippen molar-refractivity contribution in [3.8, 4) is 0 Å². The average Bonchev–Trinajstić information content (AvgIpc) is 2.96. The van der Waals surface area contributed by atoms with Crippen LogP contribution in [-0.2, 0) is 9.59 Å². The fourth-order valence-corrected chi connectivity index (χ4v) is 1.72. The van der Waals surface area contributed by atoms with Crippen molar-refractivity contribution in [3.05, 3.63) is 12.2 Å². The van der Waals surface area contributed by atoms with Gasteiger partial charge in [0.25, 0.3) is 0 Å². The number of carbonyl (C=O) groups excluding carboxylic acids is 2. The van der Waals surface area contributed by atoms with E-state index in [9.17, 15) is 0 Å². The molecule has 0 spiro atoms. The summed E-state index contributed by atoms with van der Waals surface area (Å²) < 4.78 is 0. The van der Waals surface area contributed by atoms with E-state index in [-0.39, 0.29) is 19.4 Å². The first-order valence-corrected chi connectivity index (χ1v) is 5.83. The zero-order valence-electron chi connectivity index (χ0n) is 10.7. The van der Waals surface area contributed by atoms with Gasteiger partial charge < -0.3 is 21.7 Å². The Bertz CT molecular complexity index is 214. The fourth-order valence-electron chi connectivity index (χ4n) is 1.72. The molecule has 1 saturated carbocycles. The molecule has 106 valence electrons. The first-order valence-electron chi connectivity index (χ1n) is 5.83.